The van der Waals surface area contributed by atoms with Crippen molar-refractivity contribution in [3.05, 3.63) is 46.7 Å². The number of carbonyl (C=O) groups is 1. The molecule has 0 spiro atoms. The Balaban J connectivity index is 2.77. The van der Waals surface area contributed by atoms with Crippen LogP contribution in [0.4, 0.5) is 0 Å². The van der Waals surface area contributed by atoms with E-state index in [9.17, 15) is 10.1 Å². The molecule has 1 aliphatic rings. The summed E-state index contributed by atoms with van der Waals surface area (Å²) >= 11 is 0. The molecule has 0 saturated heterocycles. The van der Waals surface area contributed by atoms with Gasteiger partial charge < -0.3 is 4.74 Å². The van der Waals surface area contributed by atoms with Crippen LogP contribution in [0.25, 0.3) is 0 Å². The molecule has 0 amide bonds. The zero-order chi connectivity index (χ0) is 22.7. The third-order valence-corrected chi connectivity index (χ3v) is 5.07. The number of hydrogen-bond acceptors (Lipinski definition) is 4. The summed E-state index contributed by atoms with van der Waals surface area (Å²) in [5, 5.41) is 10.2. The van der Waals surface area contributed by atoms with E-state index in [4.69, 9.17) is 9.73 Å². The van der Waals surface area contributed by atoms with Crippen LogP contribution in [0.15, 0.2) is 40.5 Å². The lowest BCUT2D eigenvalue weighted by Gasteiger charge is -2.34. The smallest absolute Gasteiger partial charge is 0.336 e. The quantitative estimate of drug-likeness (QED) is 0.532. The molecule has 2 atom stereocenters. The van der Waals surface area contributed by atoms with Crippen LogP contribution in [0.1, 0.15) is 78.4 Å². The number of allylic oxidation sites excluding steroid dienone is 1. The number of nitriles is 1. The fourth-order valence-corrected chi connectivity index (χ4v) is 3.91. The Bertz CT molecular complexity index is 872. The van der Waals surface area contributed by atoms with E-state index in [2.05, 4.69) is 47.6 Å². The normalized spacial score (nSPS) is 19.9. The number of benzene rings is 1. The maximum atomic E-state index is 13.1. The van der Waals surface area contributed by atoms with Gasteiger partial charge in [0.2, 0.25) is 0 Å². The van der Waals surface area contributed by atoms with E-state index in [1.54, 1.807) is 0 Å². The molecule has 1 aromatic rings. The van der Waals surface area contributed by atoms with E-state index < -0.39 is 5.92 Å². The zero-order valence-corrected chi connectivity index (χ0v) is 19.8. The summed E-state index contributed by atoms with van der Waals surface area (Å²) in [6, 6.07) is 10.6. The molecule has 1 aromatic carbocycles. The molecular formula is C26H36N2O2. The van der Waals surface area contributed by atoms with Crippen LogP contribution in [-0.4, -0.2) is 18.3 Å². The highest BCUT2D eigenvalue weighted by Crippen LogP contribution is 2.44. The number of carbonyl (C=O) groups excluding carboxylic acids is 1. The molecule has 0 radical (unpaired) electrons. The molecule has 2 unspecified atom stereocenters. The molecule has 30 heavy (non-hydrogen) atoms. The number of nitrogens with zero attached hydrogens (tertiary/aromatic N) is 2. The number of aliphatic imine (C=N–C) groups is 1. The zero-order valence-electron chi connectivity index (χ0n) is 19.8. The van der Waals surface area contributed by atoms with Gasteiger partial charge in [-0.1, -0.05) is 71.4 Å². The van der Waals surface area contributed by atoms with E-state index in [1.807, 2.05) is 38.1 Å². The van der Waals surface area contributed by atoms with Crippen molar-refractivity contribution in [2.45, 2.75) is 74.1 Å². The first kappa shape index (κ1) is 23.9. The van der Waals surface area contributed by atoms with Gasteiger partial charge in [-0.2, -0.15) is 5.26 Å². The van der Waals surface area contributed by atoms with Crippen molar-refractivity contribution in [3.8, 4) is 6.07 Å². The van der Waals surface area contributed by atoms with Gasteiger partial charge in [-0.25, -0.2) is 4.79 Å². The highest BCUT2D eigenvalue weighted by Gasteiger charge is 2.41. The van der Waals surface area contributed by atoms with Crippen LogP contribution in [0.5, 0.6) is 0 Å². The monoisotopic (exact) mass is 408 g/mol. The second-order valence-electron chi connectivity index (χ2n) is 10.7. The fraction of sp³-hybridized carbons (Fsp3) is 0.577. The first-order chi connectivity index (χ1) is 13.9. The summed E-state index contributed by atoms with van der Waals surface area (Å²) in [7, 11) is 0. The Morgan fingerprint density at radius 3 is 2.10 bits per heavy atom. The maximum Gasteiger partial charge on any atom is 0.336 e. The Kier molecular flexibility index (Phi) is 7.29. The van der Waals surface area contributed by atoms with E-state index in [0.717, 1.165) is 22.5 Å². The second-order valence-corrected chi connectivity index (χ2v) is 10.7. The van der Waals surface area contributed by atoms with E-state index >= 15 is 0 Å². The van der Waals surface area contributed by atoms with Gasteiger partial charge in [0, 0.05) is 11.6 Å². The van der Waals surface area contributed by atoms with Crippen LogP contribution >= 0.6 is 0 Å². The first-order valence-electron chi connectivity index (χ1n) is 10.8. The Morgan fingerprint density at radius 2 is 1.63 bits per heavy atom. The fourth-order valence-electron chi connectivity index (χ4n) is 3.91. The summed E-state index contributed by atoms with van der Waals surface area (Å²) < 4.78 is 5.46. The molecule has 0 fully saturated rings. The number of esters is 1. The number of rotatable bonds is 5. The lowest BCUT2D eigenvalue weighted by atomic mass is 9.71. The number of hydrogen-bond donors (Lipinski definition) is 0. The van der Waals surface area contributed by atoms with Crippen molar-refractivity contribution in [2.75, 3.05) is 6.61 Å². The Hall–Kier alpha value is -2.41. The van der Waals surface area contributed by atoms with Crippen molar-refractivity contribution in [3.63, 3.8) is 0 Å². The second kappa shape index (κ2) is 9.16. The molecule has 162 valence electrons. The Morgan fingerprint density at radius 1 is 1.07 bits per heavy atom. The predicted octanol–water partition coefficient (Wildman–Crippen LogP) is 6.36. The number of aryl methyl sites for hydroxylation is 1. The van der Waals surface area contributed by atoms with Crippen molar-refractivity contribution in [2.24, 2.45) is 21.7 Å². The lowest BCUT2D eigenvalue weighted by Crippen LogP contribution is -2.33. The highest BCUT2D eigenvalue weighted by molar-refractivity contribution is 5.99. The third kappa shape index (κ3) is 6.05. The van der Waals surface area contributed by atoms with Gasteiger partial charge in [-0.05, 0) is 43.1 Å². The average molecular weight is 409 g/mol. The van der Waals surface area contributed by atoms with Gasteiger partial charge in [-0.15, -0.1) is 0 Å². The standard InChI is InChI=1S/C26H36N2O2/c1-9-30-24(29)23-21(15-26(6,7)8)28-20(14-25(3,4)5)19(16-27)22(23)18-12-10-17(2)11-13-18/h10-13,19,22H,9,14-15H2,1-8H3. The van der Waals surface area contributed by atoms with Crippen LogP contribution in [-0.2, 0) is 9.53 Å². The molecule has 0 aromatic heterocycles. The van der Waals surface area contributed by atoms with Crippen molar-refractivity contribution in [1.82, 2.24) is 0 Å². The summed E-state index contributed by atoms with van der Waals surface area (Å²) in [6.07, 6.45) is 1.35. The summed E-state index contributed by atoms with van der Waals surface area (Å²) in [5.41, 5.74) is 4.20. The van der Waals surface area contributed by atoms with Crippen LogP contribution < -0.4 is 0 Å². The topological polar surface area (TPSA) is 62.4 Å². The molecule has 0 aliphatic carbocycles. The molecule has 4 heteroatoms. The summed E-state index contributed by atoms with van der Waals surface area (Å²) in [4.78, 5) is 18.1. The van der Waals surface area contributed by atoms with E-state index in [-0.39, 0.29) is 22.7 Å². The van der Waals surface area contributed by atoms with Crippen molar-refractivity contribution >= 4 is 11.7 Å². The predicted molar refractivity (Wildman–Crippen MR) is 122 cm³/mol. The Labute approximate surface area is 182 Å². The highest BCUT2D eigenvalue weighted by atomic mass is 16.5. The summed E-state index contributed by atoms with van der Waals surface area (Å²) in [5.74, 6) is -1.22. The van der Waals surface area contributed by atoms with Gasteiger partial charge >= 0.3 is 5.97 Å². The van der Waals surface area contributed by atoms with Gasteiger partial charge in [0.25, 0.3) is 0 Å². The van der Waals surface area contributed by atoms with Crippen molar-refractivity contribution < 1.29 is 9.53 Å². The minimum Gasteiger partial charge on any atom is -0.463 e. The first-order valence-corrected chi connectivity index (χ1v) is 10.8. The van der Waals surface area contributed by atoms with Gasteiger partial charge in [0.15, 0.2) is 0 Å². The van der Waals surface area contributed by atoms with Crippen LogP contribution in [0, 0.1) is 35.0 Å². The molecule has 4 nitrogen and oxygen atoms in total. The van der Waals surface area contributed by atoms with E-state index in [1.165, 1.54) is 0 Å². The van der Waals surface area contributed by atoms with Crippen molar-refractivity contribution in [1.29, 1.82) is 5.26 Å². The minimum atomic E-state index is -0.491. The maximum absolute atomic E-state index is 13.1. The van der Waals surface area contributed by atoms with Crippen LogP contribution in [0.2, 0.25) is 0 Å². The van der Waals surface area contributed by atoms with Gasteiger partial charge in [0.1, 0.15) is 0 Å². The SMILES string of the molecule is CCOC(=O)C1=C(CC(C)(C)C)N=C(CC(C)(C)C)C(C#N)C1c1ccc(C)cc1. The minimum absolute atomic E-state index is 0.0139. The molecule has 1 heterocycles. The molecule has 0 saturated carbocycles. The average Bonchev–Trinajstić information content (AvgIpc) is 2.59. The van der Waals surface area contributed by atoms with E-state index in [0.29, 0.717) is 25.0 Å². The van der Waals surface area contributed by atoms with Crippen LogP contribution in [0.3, 0.4) is 0 Å². The molecule has 0 bridgehead atoms. The van der Waals surface area contributed by atoms with Gasteiger partial charge in [0.05, 0.1) is 29.9 Å². The molecule has 2 rings (SSSR count). The third-order valence-electron chi connectivity index (χ3n) is 5.07. The summed E-state index contributed by atoms with van der Waals surface area (Å²) in [6.45, 7) is 17.0. The lowest BCUT2D eigenvalue weighted by molar-refractivity contribution is -0.139. The largest absolute Gasteiger partial charge is 0.463 e. The molecular weight excluding hydrogens is 372 g/mol. The van der Waals surface area contributed by atoms with Gasteiger partial charge in [-0.3, -0.25) is 4.99 Å². The molecule has 0 N–H and O–H groups in total. The number of ether oxygens (including phenoxy) is 1. The molecule has 1 aliphatic heterocycles.